The second kappa shape index (κ2) is 9.09. The summed E-state index contributed by atoms with van der Waals surface area (Å²) in [4.78, 5) is 12.5. The molecule has 1 aromatic heterocycles. The zero-order chi connectivity index (χ0) is 19.2. The number of rotatable bonds is 7. The van der Waals surface area contributed by atoms with Crippen molar-refractivity contribution in [1.29, 1.82) is 0 Å². The average Bonchev–Trinajstić information content (AvgIpc) is 3.17. The lowest BCUT2D eigenvalue weighted by molar-refractivity contribution is -0.678. The Bertz CT molecular complexity index is 882. The second-order valence-corrected chi connectivity index (χ2v) is 7.14. The second-order valence-electron chi connectivity index (χ2n) is 6.30. The molecule has 0 spiro atoms. The predicted octanol–water partition coefficient (Wildman–Crippen LogP) is 4.12. The number of hydrogen-bond donors (Lipinski definition) is 2. The number of nitrogens with one attached hydrogen (secondary N) is 1. The summed E-state index contributed by atoms with van der Waals surface area (Å²) in [5, 5.41) is 6.05. The van der Waals surface area contributed by atoms with E-state index < -0.39 is 0 Å². The van der Waals surface area contributed by atoms with Crippen molar-refractivity contribution in [2.24, 2.45) is 0 Å². The highest BCUT2D eigenvalue weighted by Crippen LogP contribution is 2.26. The van der Waals surface area contributed by atoms with E-state index in [2.05, 4.69) is 5.32 Å². The lowest BCUT2D eigenvalue weighted by Crippen LogP contribution is -2.87. The Morgan fingerprint density at radius 3 is 2.56 bits per heavy atom. The highest BCUT2D eigenvalue weighted by atomic mass is 35.5. The third-order valence-corrected chi connectivity index (χ3v) is 4.92. The van der Waals surface area contributed by atoms with Gasteiger partial charge in [-0.15, -0.1) is 0 Å². The molecule has 0 bridgehead atoms. The Morgan fingerprint density at radius 2 is 1.89 bits per heavy atom. The summed E-state index contributed by atoms with van der Waals surface area (Å²) in [6, 6.07) is 18.7. The summed E-state index contributed by atoms with van der Waals surface area (Å²) in [7, 11) is 0. The normalized spacial score (nSPS) is 13.1. The predicted molar refractivity (Wildman–Crippen MR) is 107 cm³/mol. The summed E-state index contributed by atoms with van der Waals surface area (Å²) in [5.74, 6) is 0.726. The summed E-state index contributed by atoms with van der Waals surface area (Å²) >= 11 is 12.2. The lowest BCUT2D eigenvalue weighted by atomic mass is 10.0. The van der Waals surface area contributed by atoms with Gasteiger partial charge in [0.2, 0.25) is 0 Å². The van der Waals surface area contributed by atoms with Gasteiger partial charge in [0.1, 0.15) is 0 Å². The molecule has 0 radical (unpaired) electrons. The van der Waals surface area contributed by atoms with Gasteiger partial charge in [-0.05, 0) is 36.8 Å². The van der Waals surface area contributed by atoms with E-state index in [9.17, 15) is 4.79 Å². The minimum Gasteiger partial charge on any atom is -0.463 e. The molecule has 27 heavy (non-hydrogen) atoms. The van der Waals surface area contributed by atoms with Crippen LogP contribution < -0.4 is 10.6 Å². The quantitative estimate of drug-likeness (QED) is 0.623. The van der Waals surface area contributed by atoms with Crippen LogP contribution in [-0.4, -0.2) is 12.5 Å². The van der Waals surface area contributed by atoms with Gasteiger partial charge in [-0.2, -0.15) is 0 Å². The van der Waals surface area contributed by atoms with Crippen LogP contribution in [0, 0.1) is 0 Å². The molecular weight excluding hydrogens is 383 g/mol. The van der Waals surface area contributed by atoms with Crippen molar-refractivity contribution in [3.8, 4) is 0 Å². The van der Waals surface area contributed by atoms with E-state index in [0.29, 0.717) is 10.0 Å². The molecule has 140 valence electrons. The number of furan rings is 1. The summed E-state index contributed by atoms with van der Waals surface area (Å²) < 4.78 is 5.57. The van der Waals surface area contributed by atoms with E-state index in [1.54, 1.807) is 18.4 Å². The van der Waals surface area contributed by atoms with E-state index in [1.165, 1.54) is 0 Å². The Kier molecular flexibility index (Phi) is 6.56. The van der Waals surface area contributed by atoms with E-state index in [-0.39, 0.29) is 24.5 Å². The molecule has 0 saturated carbocycles. The maximum atomic E-state index is 12.5. The first-order chi connectivity index (χ1) is 13.0. The third kappa shape index (κ3) is 5.13. The van der Waals surface area contributed by atoms with Gasteiger partial charge in [-0.1, -0.05) is 59.6 Å². The maximum Gasteiger partial charge on any atom is 0.275 e. The zero-order valence-corrected chi connectivity index (χ0v) is 16.4. The summed E-state index contributed by atoms with van der Waals surface area (Å²) in [6.07, 6.45) is 1.64. The van der Waals surface area contributed by atoms with Gasteiger partial charge in [-0.25, -0.2) is 0 Å². The van der Waals surface area contributed by atoms with Gasteiger partial charge in [0.05, 0.1) is 12.3 Å². The van der Waals surface area contributed by atoms with Crippen LogP contribution in [0.5, 0.6) is 0 Å². The van der Waals surface area contributed by atoms with Crippen molar-refractivity contribution in [3.63, 3.8) is 0 Å². The number of quaternary nitrogens is 1. The minimum absolute atomic E-state index is 0.0821. The third-order valence-electron chi connectivity index (χ3n) is 4.35. The number of carbonyl (C=O) groups is 1. The largest absolute Gasteiger partial charge is 0.463 e. The topological polar surface area (TPSA) is 58.9 Å². The van der Waals surface area contributed by atoms with Gasteiger partial charge in [0, 0.05) is 15.6 Å². The van der Waals surface area contributed by atoms with Gasteiger partial charge in [-0.3, -0.25) is 4.79 Å². The van der Waals surface area contributed by atoms with Crippen molar-refractivity contribution in [3.05, 3.63) is 93.9 Å². The highest BCUT2D eigenvalue weighted by Gasteiger charge is 2.22. The number of benzene rings is 2. The van der Waals surface area contributed by atoms with Gasteiger partial charge >= 0.3 is 0 Å². The highest BCUT2D eigenvalue weighted by molar-refractivity contribution is 6.35. The van der Waals surface area contributed by atoms with E-state index in [1.807, 2.05) is 60.8 Å². The molecule has 1 amide bonds. The van der Waals surface area contributed by atoms with Gasteiger partial charge in [0.15, 0.2) is 18.3 Å². The molecule has 3 N–H and O–H groups in total. The molecule has 0 aliphatic rings. The molecule has 1 heterocycles. The molecule has 3 rings (SSSR count). The van der Waals surface area contributed by atoms with Crippen molar-refractivity contribution in [1.82, 2.24) is 5.32 Å². The molecule has 0 fully saturated rings. The molecule has 6 heteroatoms. The Morgan fingerprint density at radius 1 is 1.11 bits per heavy atom. The molecule has 0 saturated heterocycles. The van der Waals surface area contributed by atoms with Crippen molar-refractivity contribution < 1.29 is 14.5 Å². The maximum absolute atomic E-state index is 12.5. The van der Waals surface area contributed by atoms with Gasteiger partial charge < -0.3 is 15.1 Å². The molecule has 0 unspecified atom stereocenters. The molecule has 0 aliphatic heterocycles. The fourth-order valence-corrected chi connectivity index (χ4v) is 3.57. The molecule has 3 aromatic rings. The van der Waals surface area contributed by atoms with Crippen LogP contribution in [0.25, 0.3) is 0 Å². The smallest absolute Gasteiger partial charge is 0.275 e. The first-order valence-corrected chi connectivity index (χ1v) is 9.46. The summed E-state index contributed by atoms with van der Waals surface area (Å²) in [6.45, 7) is 2.16. The number of nitrogens with two attached hydrogens (primary N) is 1. The molecule has 4 nitrogen and oxygen atoms in total. The van der Waals surface area contributed by atoms with Crippen LogP contribution >= 0.6 is 23.2 Å². The molecule has 2 aromatic carbocycles. The first-order valence-electron chi connectivity index (χ1n) is 8.70. The first kappa shape index (κ1) is 19.5. The van der Waals surface area contributed by atoms with Crippen molar-refractivity contribution >= 4 is 29.1 Å². The van der Waals surface area contributed by atoms with Crippen LogP contribution in [-0.2, 0) is 4.79 Å². The standard InChI is InChI=1S/C21H20Cl2N2O2/c1-14(17-10-9-16(22)12-18(17)23)25-20(26)13-24-21(19-8-5-11-27-19)15-6-3-2-4-7-15/h2-12,14,21,24H,13H2,1H3,(H,25,26)/p+1/t14-,21-/m0/s1. The van der Waals surface area contributed by atoms with Crippen LogP contribution in [0.2, 0.25) is 10.0 Å². The van der Waals surface area contributed by atoms with Crippen LogP contribution in [0.3, 0.4) is 0 Å². The zero-order valence-electron chi connectivity index (χ0n) is 14.9. The van der Waals surface area contributed by atoms with Crippen molar-refractivity contribution in [2.45, 2.75) is 19.0 Å². The SMILES string of the molecule is C[C@H](NC(=O)C[NH2+][C@@H](c1ccccc1)c1ccco1)c1ccc(Cl)cc1Cl. The Hall–Kier alpha value is -2.27. The van der Waals surface area contributed by atoms with Crippen LogP contribution in [0.15, 0.2) is 71.3 Å². The number of amides is 1. The fourth-order valence-electron chi connectivity index (χ4n) is 3.00. The lowest BCUT2D eigenvalue weighted by Gasteiger charge is -2.17. The van der Waals surface area contributed by atoms with Crippen LogP contribution in [0.1, 0.15) is 35.9 Å². The number of carbonyl (C=O) groups excluding carboxylic acids is 1. The monoisotopic (exact) mass is 403 g/mol. The van der Waals surface area contributed by atoms with Crippen molar-refractivity contribution in [2.75, 3.05) is 6.54 Å². The van der Waals surface area contributed by atoms with E-state index in [4.69, 9.17) is 27.6 Å². The fraction of sp³-hybridized carbons (Fsp3) is 0.190. The number of hydrogen-bond acceptors (Lipinski definition) is 2. The van der Waals surface area contributed by atoms with Gasteiger partial charge in [0.25, 0.3) is 5.91 Å². The van der Waals surface area contributed by atoms with E-state index in [0.717, 1.165) is 16.9 Å². The summed E-state index contributed by atoms with van der Waals surface area (Å²) in [5.41, 5.74) is 1.91. The Balaban J connectivity index is 1.64. The van der Waals surface area contributed by atoms with Crippen LogP contribution in [0.4, 0.5) is 0 Å². The molecule has 0 aliphatic carbocycles. The Labute approximate surface area is 168 Å². The minimum atomic E-state index is -0.213. The number of halogens is 2. The molecule has 2 atom stereocenters. The van der Waals surface area contributed by atoms with E-state index >= 15 is 0 Å². The molecular formula is C21H21Cl2N2O2+. The average molecular weight is 404 g/mol.